The van der Waals surface area contributed by atoms with Crippen molar-refractivity contribution in [3.05, 3.63) is 12.4 Å². The van der Waals surface area contributed by atoms with Crippen molar-refractivity contribution in [3.8, 4) is 0 Å². The van der Waals surface area contributed by atoms with Crippen molar-refractivity contribution in [1.82, 2.24) is 14.7 Å². The lowest BCUT2D eigenvalue weighted by Gasteiger charge is -2.43. The van der Waals surface area contributed by atoms with E-state index in [0.29, 0.717) is 17.2 Å². The Bertz CT molecular complexity index is 528. The highest BCUT2D eigenvalue weighted by atomic mass is 32.2. The average molecular weight is 321 g/mol. The number of nitrogens with zero attached hydrogens (tertiary/aromatic N) is 3. The fourth-order valence-corrected chi connectivity index (χ4v) is 4.31. The minimum absolute atomic E-state index is 0.0559. The van der Waals surface area contributed by atoms with Crippen molar-refractivity contribution < 1.29 is 4.79 Å². The lowest BCUT2D eigenvalue weighted by molar-refractivity contribution is -0.147. The van der Waals surface area contributed by atoms with E-state index in [4.69, 9.17) is 0 Å². The molecular formula is C17H27N3OS. The lowest BCUT2D eigenvalue weighted by atomic mass is 9.69. The second kappa shape index (κ2) is 6.26. The maximum atomic E-state index is 12.6. The van der Waals surface area contributed by atoms with Crippen LogP contribution in [0.4, 0.5) is 0 Å². The third kappa shape index (κ3) is 3.19. The molecule has 0 N–H and O–H groups in total. The zero-order chi connectivity index (χ0) is 15.7. The molecule has 2 fully saturated rings. The summed E-state index contributed by atoms with van der Waals surface area (Å²) in [6.07, 6.45) is 9.53. The number of piperidine rings is 1. The largest absolute Gasteiger partial charge is 0.342 e. The predicted molar refractivity (Wildman–Crippen MR) is 90.0 cm³/mol. The van der Waals surface area contributed by atoms with Gasteiger partial charge in [0.1, 0.15) is 0 Å². The lowest BCUT2D eigenvalue weighted by Crippen LogP contribution is -2.49. The summed E-state index contributed by atoms with van der Waals surface area (Å²) in [5.74, 6) is 0.383. The predicted octanol–water partition coefficient (Wildman–Crippen LogP) is 3.74. The topological polar surface area (TPSA) is 38.1 Å². The van der Waals surface area contributed by atoms with Crippen LogP contribution in [0.25, 0.3) is 0 Å². The van der Waals surface area contributed by atoms with Crippen LogP contribution in [0.1, 0.15) is 58.9 Å². The number of amides is 1. The molecule has 122 valence electrons. The van der Waals surface area contributed by atoms with Crippen LogP contribution in [0.3, 0.4) is 0 Å². The van der Waals surface area contributed by atoms with Crippen molar-refractivity contribution in [3.63, 3.8) is 0 Å². The van der Waals surface area contributed by atoms with Gasteiger partial charge in [-0.2, -0.15) is 5.10 Å². The third-order valence-electron chi connectivity index (χ3n) is 5.05. The number of rotatable bonds is 4. The monoisotopic (exact) mass is 321 g/mol. The molecule has 0 spiro atoms. The zero-order valence-electron chi connectivity index (χ0n) is 13.9. The summed E-state index contributed by atoms with van der Waals surface area (Å²) >= 11 is 1.85. The van der Waals surface area contributed by atoms with E-state index in [-0.39, 0.29) is 5.41 Å². The molecular weight excluding hydrogens is 294 g/mol. The number of carbonyl (C=O) groups is 1. The molecule has 0 bridgehead atoms. The van der Waals surface area contributed by atoms with Gasteiger partial charge < -0.3 is 4.90 Å². The van der Waals surface area contributed by atoms with Crippen molar-refractivity contribution in [1.29, 1.82) is 0 Å². The van der Waals surface area contributed by atoms with Gasteiger partial charge in [0, 0.05) is 34.8 Å². The van der Waals surface area contributed by atoms with E-state index < -0.39 is 0 Å². The van der Waals surface area contributed by atoms with E-state index in [1.54, 1.807) is 0 Å². The van der Waals surface area contributed by atoms with Gasteiger partial charge in [-0.15, -0.1) is 11.8 Å². The Morgan fingerprint density at radius 1 is 1.36 bits per heavy atom. The van der Waals surface area contributed by atoms with Crippen LogP contribution < -0.4 is 0 Å². The standard InChI is InChI=1S/C17H27N3OS/c1-13(2)22-15-11-18-20(12-15)14-5-9-19(10-6-14)16(21)17(3)7-4-8-17/h11-14H,4-10H2,1-3H3. The van der Waals surface area contributed by atoms with Gasteiger partial charge in [-0.1, -0.05) is 27.2 Å². The summed E-state index contributed by atoms with van der Waals surface area (Å²) in [6.45, 7) is 8.30. The molecule has 0 unspecified atom stereocenters. The first kappa shape index (κ1) is 15.9. The SMILES string of the molecule is CC(C)Sc1cnn(C2CCN(C(=O)C3(C)CCC3)CC2)c1. The fraction of sp³-hybridized carbons (Fsp3) is 0.765. The van der Waals surface area contributed by atoms with E-state index in [2.05, 4.69) is 41.6 Å². The number of hydrogen-bond donors (Lipinski definition) is 0. The highest BCUT2D eigenvalue weighted by Gasteiger charge is 2.42. The molecule has 22 heavy (non-hydrogen) atoms. The molecule has 1 aliphatic carbocycles. The van der Waals surface area contributed by atoms with Crippen molar-refractivity contribution in [2.75, 3.05) is 13.1 Å². The molecule has 4 nitrogen and oxygen atoms in total. The van der Waals surface area contributed by atoms with Gasteiger partial charge in [0.15, 0.2) is 0 Å². The first-order valence-electron chi connectivity index (χ1n) is 8.48. The maximum Gasteiger partial charge on any atom is 0.228 e. The molecule has 1 saturated carbocycles. The summed E-state index contributed by atoms with van der Waals surface area (Å²) in [4.78, 5) is 15.9. The molecule has 1 aromatic rings. The van der Waals surface area contributed by atoms with Crippen molar-refractivity contribution in [2.24, 2.45) is 5.41 Å². The van der Waals surface area contributed by atoms with Crippen molar-refractivity contribution in [2.45, 2.75) is 69.1 Å². The molecule has 1 saturated heterocycles. The average Bonchev–Trinajstić information content (AvgIpc) is 2.92. The Kier molecular flexibility index (Phi) is 4.53. The van der Waals surface area contributed by atoms with Gasteiger partial charge in [-0.3, -0.25) is 9.48 Å². The first-order valence-corrected chi connectivity index (χ1v) is 9.36. The Morgan fingerprint density at radius 2 is 2.05 bits per heavy atom. The van der Waals surface area contributed by atoms with Crippen LogP contribution in [0.15, 0.2) is 17.3 Å². The molecule has 3 rings (SSSR count). The van der Waals surface area contributed by atoms with Gasteiger partial charge in [0.25, 0.3) is 0 Å². The highest BCUT2D eigenvalue weighted by molar-refractivity contribution is 7.99. The molecule has 2 aliphatic rings. The smallest absolute Gasteiger partial charge is 0.228 e. The number of carbonyl (C=O) groups excluding carboxylic acids is 1. The second-order valence-electron chi connectivity index (χ2n) is 7.26. The number of thioether (sulfide) groups is 1. The molecule has 0 radical (unpaired) electrons. The van der Waals surface area contributed by atoms with Crippen LogP contribution >= 0.6 is 11.8 Å². The van der Waals surface area contributed by atoms with Crippen LogP contribution in [0.2, 0.25) is 0 Å². The maximum absolute atomic E-state index is 12.6. The van der Waals surface area contributed by atoms with Crippen LogP contribution in [-0.2, 0) is 4.79 Å². The fourth-order valence-electron chi connectivity index (χ4n) is 3.49. The van der Waals surface area contributed by atoms with Gasteiger partial charge >= 0.3 is 0 Å². The van der Waals surface area contributed by atoms with Crippen LogP contribution in [0.5, 0.6) is 0 Å². The van der Waals surface area contributed by atoms with Gasteiger partial charge in [-0.05, 0) is 25.7 Å². The molecule has 2 heterocycles. The highest BCUT2D eigenvalue weighted by Crippen LogP contribution is 2.42. The van der Waals surface area contributed by atoms with Crippen LogP contribution in [-0.4, -0.2) is 38.9 Å². The summed E-state index contributed by atoms with van der Waals surface area (Å²) in [5, 5.41) is 5.11. The summed E-state index contributed by atoms with van der Waals surface area (Å²) in [5.41, 5.74) is -0.0559. The number of likely N-dealkylation sites (tertiary alicyclic amines) is 1. The van der Waals surface area contributed by atoms with E-state index in [1.165, 1.54) is 11.3 Å². The Hall–Kier alpha value is -0.970. The summed E-state index contributed by atoms with van der Waals surface area (Å²) in [6, 6.07) is 0.444. The summed E-state index contributed by atoms with van der Waals surface area (Å²) < 4.78 is 2.11. The first-order chi connectivity index (χ1) is 10.5. The van der Waals surface area contributed by atoms with Gasteiger partial charge in [0.2, 0.25) is 5.91 Å². The van der Waals surface area contributed by atoms with E-state index >= 15 is 0 Å². The molecule has 1 aliphatic heterocycles. The molecule has 0 aromatic carbocycles. The Balaban J connectivity index is 1.55. The van der Waals surface area contributed by atoms with Gasteiger partial charge in [-0.25, -0.2) is 0 Å². The van der Waals surface area contributed by atoms with Gasteiger partial charge in [0.05, 0.1) is 12.2 Å². The van der Waals surface area contributed by atoms with E-state index in [0.717, 1.165) is 38.8 Å². The molecule has 0 atom stereocenters. The quantitative estimate of drug-likeness (QED) is 0.793. The molecule has 1 aromatic heterocycles. The minimum Gasteiger partial charge on any atom is -0.342 e. The minimum atomic E-state index is -0.0559. The molecule has 5 heteroatoms. The normalized spacial score (nSPS) is 21.9. The Morgan fingerprint density at radius 3 is 2.59 bits per heavy atom. The van der Waals surface area contributed by atoms with E-state index in [9.17, 15) is 4.79 Å². The Labute approximate surface area is 137 Å². The van der Waals surface area contributed by atoms with E-state index in [1.807, 2.05) is 18.0 Å². The zero-order valence-corrected chi connectivity index (χ0v) is 14.7. The van der Waals surface area contributed by atoms with Crippen molar-refractivity contribution >= 4 is 17.7 Å². The molecule has 1 amide bonds. The third-order valence-corrected chi connectivity index (χ3v) is 6.00. The number of hydrogen-bond acceptors (Lipinski definition) is 3. The number of aromatic nitrogens is 2. The second-order valence-corrected chi connectivity index (χ2v) is 8.91. The summed E-state index contributed by atoms with van der Waals surface area (Å²) in [7, 11) is 0. The van der Waals surface area contributed by atoms with Crippen LogP contribution in [0, 0.1) is 5.41 Å².